The third kappa shape index (κ3) is 4.07. The predicted molar refractivity (Wildman–Crippen MR) is 108 cm³/mol. The third-order valence-electron chi connectivity index (χ3n) is 5.54. The normalized spacial score (nSPS) is 15.2. The molecule has 4 nitrogen and oxygen atoms in total. The average molecular weight is 353 g/mol. The molecule has 0 radical (unpaired) electrons. The molecule has 2 aromatic rings. The molecule has 1 saturated heterocycles. The summed E-state index contributed by atoms with van der Waals surface area (Å²) < 4.78 is 0. The largest absolute Gasteiger partial charge is 0.360 e. The molecule has 0 bridgehead atoms. The fourth-order valence-corrected chi connectivity index (χ4v) is 3.74. The van der Waals surface area contributed by atoms with E-state index >= 15 is 0 Å². The van der Waals surface area contributed by atoms with Crippen molar-refractivity contribution >= 4 is 17.3 Å². The highest BCUT2D eigenvalue weighted by Crippen LogP contribution is 2.22. The molecule has 138 valence electrons. The molecule has 1 aliphatic heterocycles. The highest BCUT2D eigenvalue weighted by Gasteiger charge is 2.23. The van der Waals surface area contributed by atoms with E-state index in [0.717, 1.165) is 43.0 Å². The first kappa shape index (κ1) is 18.5. The minimum atomic E-state index is 0.109. The molecule has 3 rings (SSSR count). The van der Waals surface area contributed by atoms with E-state index < -0.39 is 0 Å². The molecule has 4 heteroatoms. The van der Waals surface area contributed by atoms with Gasteiger partial charge in [-0.1, -0.05) is 30.3 Å². The number of carbonyl (C=O) groups excluding carboxylic acids is 1. The Bertz CT molecular complexity index is 772. The van der Waals surface area contributed by atoms with Gasteiger partial charge in [-0.3, -0.25) is 4.79 Å². The topological polar surface area (TPSA) is 36.8 Å². The molecule has 26 heavy (non-hydrogen) atoms. The van der Waals surface area contributed by atoms with Crippen LogP contribution in [-0.4, -0.2) is 38.6 Å². The van der Waals surface area contributed by atoms with E-state index in [2.05, 4.69) is 42.3 Å². The van der Waals surface area contributed by atoms with Gasteiger partial charge in [0.15, 0.2) is 6.54 Å². The number of nitrogens with one attached hydrogen (secondary N) is 2. The number of anilines is 2. The smallest absolute Gasteiger partial charge is 0.279 e. The summed E-state index contributed by atoms with van der Waals surface area (Å²) in [4.78, 5) is 16.3. The van der Waals surface area contributed by atoms with Crippen molar-refractivity contribution < 1.29 is 9.69 Å². The molecule has 2 aromatic carbocycles. The van der Waals surface area contributed by atoms with Crippen LogP contribution in [0.3, 0.4) is 0 Å². The van der Waals surface area contributed by atoms with E-state index in [9.17, 15) is 4.79 Å². The van der Waals surface area contributed by atoms with Gasteiger partial charge >= 0.3 is 0 Å². The molecule has 0 aliphatic carbocycles. The van der Waals surface area contributed by atoms with Crippen molar-refractivity contribution in [1.29, 1.82) is 0 Å². The Labute approximate surface area is 156 Å². The lowest BCUT2D eigenvalue weighted by molar-refractivity contribution is -0.892. The molecule has 0 aromatic heterocycles. The minimum absolute atomic E-state index is 0.109. The highest BCUT2D eigenvalue weighted by molar-refractivity contribution is 5.93. The number of hydrogen-bond donors (Lipinski definition) is 2. The van der Waals surface area contributed by atoms with Gasteiger partial charge in [0.25, 0.3) is 5.91 Å². The summed E-state index contributed by atoms with van der Waals surface area (Å²) in [6.45, 7) is 13.0. The number of aryl methyl sites for hydroxylation is 3. The first-order valence-electron chi connectivity index (χ1n) is 9.46. The summed E-state index contributed by atoms with van der Waals surface area (Å²) in [7, 11) is 0. The molecule has 2 N–H and O–H groups in total. The zero-order valence-electron chi connectivity index (χ0n) is 16.4. The van der Waals surface area contributed by atoms with Crippen LogP contribution in [0, 0.1) is 27.7 Å². The van der Waals surface area contributed by atoms with E-state index in [1.165, 1.54) is 21.7 Å². The van der Waals surface area contributed by atoms with Crippen LogP contribution >= 0.6 is 0 Å². The van der Waals surface area contributed by atoms with Crippen LogP contribution in [0.2, 0.25) is 0 Å². The predicted octanol–water partition coefficient (Wildman–Crippen LogP) is 2.26. The number of quaternary nitrogens is 1. The summed E-state index contributed by atoms with van der Waals surface area (Å²) >= 11 is 0. The second-order valence-corrected chi connectivity index (χ2v) is 7.45. The van der Waals surface area contributed by atoms with Crippen molar-refractivity contribution in [2.75, 3.05) is 42.9 Å². The highest BCUT2D eigenvalue weighted by atomic mass is 16.2. The zero-order valence-corrected chi connectivity index (χ0v) is 16.4. The Hall–Kier alpha value is -2.33. The van der Waals surface area contributed by atoms with Gasteiger partial charge in [0.05, 0.1) is 26.2 Å². The summed E-state index contributed by atoms with van der Waals surface area (Å²) in [6.07, 6.45) is 0. The van der Waals surface area contributed by atoms with E-state index in [0.29, 0.717) is 6.54 Å². The second-order valence-electron chi connectivity index (χ2n) is 7.45. The van der Waals surface area contributed by atoms with Crippen molar-refractivity contribution in [3.8, 4) is 0 Å². The van der Waals surface area contributed by atoms with E-state index in [-0.39, 0.29) is 5.91 Å². The van der Waals surface area contributed by atoms with Crippen molar-refractivity contribution in [3.63, 3.8) is 0 Å². The molecular weight excluding hydrogens is 322 g/mol. The number of carbonyl (C=O) groups is 1. The number of para-hydroxylation sites is 1. The number of nitrogens with zero attached hydrogens (tertiary/aromatic N) is 1. The number of benzene rings is 2. The van der Waals surface area contributed by atoms with Crippen LogP contribution in [0.25, 0.3) is 0 Å². The standard InChI is InChI=1S/C22H29N3O/c1-16-7-6-10-20(19(16)4)25-13-11-24(12-14-25)15-21(26)23-22-17(2)8-5-9-18(22)3/h5-10H,11-15H2,1-4H3,(H,23,26)/p+1. The van der Waals surface area contributed by atoms with Gasteiger partial charge in [-0.2, -0.15) is 0 Å². The summed E-state index contributed by atoms with van der Waals surface area (Å²) in [5, 5.41) is 3.11. The van der Waals surface area contributed by atoms with E-state index in [1.54, 1.807) is 0 Å². The monoisotopic (exact) mass is 352 g/mol. The van der Waals surface area contributed by atoms with Gasteiger partial charge in [0.1, 0.15) is 0 Å². The number of piperazine rings is 1. The Kier molecular flexibility index (Phi) is 5.62. The molecule has 1 heterocycles. The second kappa shape index (κ2) is 7.92. The van der Waals surface area contributed by atoms with Crippen LogP contribution in [0.5, 0.6) is 0 Å². The maximum absolute atomic E-state index is 12.5. The summed E-state index contributed by atoms with van der Waals surface area (Å²) in [5.74, 6) is 0.109. The Morgan fingerprint density at radius 3 is 2.19 bits per heavy atom. The lowest BCUT2D eigenvalue weighted by Crippen LogP contribution is -3.15. The van der Waals surface area contributed by atoms with Gasteiger partial charge in [0.2, 0.25) is 0 Å². The first-order valence-corrected chi connectivity index (χ1v) is 9.46. The quantitative estimate of drug-likeness (QED) is 0.886. The van der Waals surface area contributed by atoms with Crippen LogP contribution in [0.4, 0.5) is 11.4 Å². The van der Waals surface area contributed by atoms with Gasteiger partial charge in [-0.05, 0) is 56.0 Å². The van der Waals surface area contributed by atoms with E-state index in [1.807, 2.05) is 32.0 Å². The van der Waals surface area contributed by atoms with Gasteiger partial charge in [-0.15, -0.1) is 0 Å². The molecular formula is C22H30N3O+. The molecule has 0 saturated carbocycles. The maximum Gasteiger partial charge on any atom is 0.279 e. The van der Waals surface area contributed by atoms with E-state index in [4.69, 9.17) is 0 Å². The van der Waals surface area contributed by atoms with Crippen molar-refractivity contribution in [3.05, 3.63) is 58.7 Å². The Morgan fingerprint density at radius 2 is 1.54 bits per heavy atom. The Morgan fingerprint density at radius 1 is 0.962 bits per heavy atom. The van der Waals surface area contributed by atoms with Crippen LogP contribution < -0.4 is 15.1 Å². The minimum Gasteiger partial charge on any atom is -0.360 e. The fourth-order valence-electron chi connectivity index (χ4n) is 3.74. The van der Waals surface area contributed by atoms with Gasteiger partial charge < -0.3 is 15.1 Å². The zero-order chi connectivity index (χ0) is 18.7. The summed E-state index contributed by atoms with van der Waals surface area (Å²) in [6, 6.07) is 12.6. The molecule has 1 amide bonds. The molecule has 0 atom stereocenters. The summed E-state index contributed by atoms with van der Waals surface area (Å²) in [5.41, 5.74) is 7.24. The number of amides is 1. The fraction of sp³-hybridized carbons (Fsp3) is 0.409. The lowest BCUT2D eigenvalue weighted by Gasteiger charge is -2.34. The maximum atomic E-state index is 12.5. The van der Waals surface area contributed by atoms with Crippen molar-refractivity contribution in [2.45, 2.75) is 27.7 Å². The third-order valence-corrected chi connectivity index (χ3v) is 5.54. The van der Waals surface area contributed by atoms with Crippen LogP contribution in [0.15, 0.2) is 36.4 Å². The average Bonchev–Trinajstić information content (AvgIpc) is 2.61. The van der Waals surface area contributed by atoms with Crippen molar-refractivity contribution in [2.24, 2.45) is 0 Å². The molecule has 1 aliphatic rings. The van der Waals surface area contributed by atoms with Gasteiger partial charge in [-0.25, -0.2) is 0 Å². The van der Waals surface area contributed by atoms with Crippen LogP contribution in [-0.2, 0) is 4.79 Å². The lowest BCUT2D eigenvalue weighted by atomic mass is 10.1. The number of hydrogen-bond acceptors (Lipinski definition) is 2. The molecule has 1 fully saturated rings. The van der Waals surface area contributed by atoms with Crippen molar-refractivity contribution in [1.82, 2.24) is 0 Å². The first-order chi connectivity index (χ1) is 12.5. The van der Waals surface area contributed by atoms with Gasteiger partial charge in [0, 0.05) is 11.4 Å². The SMILES string of the molecule is Cc1cccc(N2CC[NH+](CC(=O)Nc3c(C)cccc3C)CC2)c1C. The molecule has 0 unspecified atom stereocenters. The van der Waals surface area contributed by atoms with Crippen LogP contribution in [0.1, 0.15) is 22.3 Å². The number of rotatable bonds is 4. The Balaban J connectivity index is 1.55. The molecule has 0 spiro atoms.